The van der Waals surface area contributed by atoms with E-state index in [-0.39, 0.29) is 11.3 Å². The van der Waals surface area contributed by atoms with Crippen LogP contribution in [0.4, 0.5) is 10.1 Å². The predicted molar refractivity (Wildman–Crippen MR) is 68.0 cm³/mol. The highest BCUT2D eigenvalue weighted by Gasteiger charge is 2.18. The molecular formula is C13H9FNO4S-. The normalized spacial score (nSPS) is 11.1. The summed E-state index contributed by atoms with van der Waals surface area (Å²) in [4.78, 5) is 10.2. The Morgan fingerprint density at radius 3 is 2.45 bits per heavy atom. The Bertz CT molecular complexity index is 758. The molecular weight excluding hydrogens is 285 g/mol. The van der Waals surface area contributed by atoms with Crippen LogP contribution in [0.3, 0.4) is 0 Å². The molecule has 0 heterocycles. The van der Waals surface area contributed by atoms with Crippen LogP contribution in [0.15, 0.2) is 53.4 Å². The zero-order chi connectivity index (χ0) is 14.8. The second kappa shape index (κ2) is 5.30. The fourth-order valence-corrected chi connectivity index (χ4v) is 2.71. The van der Waals surface area contributed by atoms with Gasteiger partial charge in [-0.2, -0.15) is 0 Å². The van der Waals surface area contributed by atoms with Crippen molar-refractivity contribution in [2.24, 2.45) is 0 Å². The van der Waals surface area contributed by atoms with Gasteiger partial charge in [0.15, 0.2) is 0 Å². The molecule has 0 spiro atoms. The first-order chi connectivity index (χ1) is 9.40. The van der Waals surface area contributed by atoms with E-state index in [1.807, 2.05) is 0 Å². The molecule has 1 N–H and O–H groups in total. The Morgan fingerprint density at radius 1 is 1.10 bits per heavy atom. The maximum absolute atomic E-state index is 13.5. The Hall–Kier alpha value is -2.41. The summed E-state index contributed by atoms with van der Waals surface area (Å²) in [7, 11) is -4.12. The molecule has 0 bridgehead atoms. The quantitative estimate of drug-likeness (QED) is 0.911. The van der Waals surface area contributed by atoms with Crippen molar-refractivity contribution in [3.8, 4) is 0 Å². The number of benzene rings is 2. The molecule has 0 radical (unpaired) electrons. The summed E-state index contributed by atoms with van der Waals surface area (Å²) >= 11 is 0. The number of carbonyl (C=O) groups excluding carboxylic acids is 1. The monoisotopic (exact) mass is 294 g/mol. The lowest BCUT2D eigenvalue weighted by molar-refractivity contribution is -0.255. The van der Waals surface area contributed by atoms with Gasteiger partial charge in [-0.05, 0) is 29.8 Å². The van der Waals surface area contributed by atoms with Gasteiger partial charge in [-0.3, -0.25) is 4.72 Å². The number of hydrogen-bond donors (Lipinski definition) is 1. The van der Waals surface area contributed by atoms with Crippen molar-refractivity contribution in [2.75, 3.05) is 4.72 Å². The van der Waals surface area contributed by atoms with Gasteiger partial charge < -0.3 is 9.90 Å². The highest BCUT2D eigenvalue weighted by Crippen LogP contribution is 2.19. The zero-order valence-electron chi connectivity index (χ0n) is 10.0. The SMILES string of the molecule is O=C([O-])c1cccc(NS(=O)(=O)c2ccccc2F)c1. The average molecular weight is 294 g/mol. The van der Waals surface area contributed by atoms with Crippen molar-refractivity contribution < 1.29 is 22.7 Å². The van der Waals surface area contributed by atoms with Gasteiger partial charge in [0.1, 0.15) is 10.7 Å². The van der Waals surface area contributed by atoms with Gasteiger partial charge >= 0.3 is 0 Å². The van der Waals surface area contributed by atoms with Crippen molar-refractivity contribution in [2.45, 2.75) is 4.90 Å². The van der Waals surface area contributed by atoms with E-state index in [1.165, 1.54) is 30.3 Å². The van der Waals surface area contributed by atoms with Crippen LogP contribution in [0.5, 0.6) is 0 Å². The number of aromatic carboxylic acids is 1. The number of anilines is 1. The lowest BCUT2D eigenvalue weighted by Gasteiger charge is -2.10. The van der Waals surface area contributed by atoms with Gasteiger partial charge in [-0.15, -0.1) is 0 Å². The van der Waals surface area contributed by atoms with Crippen LogP contribution in [-0.2, 0) is 10.0 Å². The van der Waals surface area contributed by atoms with Crippen molar-refractivity contribution in [3.63, 3.8) is 0 Å². The van der Waals surface area contributed by atoms with Gasteiger partial charge in [0.2, 0.25) is 0 Å². The molecule has 0 atom stereocenters. The fraction of sp³-hybridized carbons (Fsp3) is 0. The second-order valence-corrected chi connectivity index (χ2v) is 5.56. The summed E-state index contributed by atoms with van der Waals surface area (Å²) < 4.78 is 39.6. The largest absolute Gasteiger partial charge is 0.545 e. The number of halogens is 1. The number of nitrogens with one attached hydrogen (secondary N) is 1. The third-order valence-corrected chi connectivity index (χ3v) is 3.89. The molecule has 0 saturated heterocycles. The maximum atomic E-state index is 13.5. The lowest BCUT2D eigenvalue weighted by atomic mass is 10.2. The molecule has 0 amide bonds. The molecule has 20 heavy (non-hydrogen) atoms. The minimum Gasteiger partial charge on any atom is -0.545 e. The summed E-state index contributed by atoms with van der Waals surface area (Å²) in [5.41, 5.74) is -0.173. The first-order valence-electron chi connectivity index (χ1n) is 5.49. The number of hydrogen-bond acceptors (Lipinski definition) is 4. The predicted octanol–water partition coefficient (Wildman–Crippen LogP) is 0.990. The van der Waals surface area contributed by atoms with E-state index in [4.69, 9.17) is 0 Å². The summed E-state index contributed by atoms with van der Waals surface area (Å²) in [5, 5.41) is 10.7. The number of sulfonamides is 1. The minimum absolute atomic E-state index is 0.00922. The van der Waals surface area contributed by atoms with Crippen LogP contribution in [-0.4, -0.2) is 14.4 Å². The van der Waals surface area contributed by atoms with E-state index in [0.29, 0.717) is 0 Å². The first-order valence-corrected chi connectivity index (χ1v) is 6.97. The molecule has 2 aromatic rings. The van der Waals surface area contributed by atoms with E-state index < -0.39 is 26.7 Å². The van der Waals surface area contributed by atoms with E-state index >= 15 is 0 Å². The molecule has 2 aromatic carbocycles. The Kier molecular flexibility index (Phi) is 3.71. The van der Waals surface area contributed by atoms with Crippen LogP contribution in [0.2, 0.25) is 0 Å². The highest BCUT2D eigenvalue weighted by molar-refractivity contribution is 7.92. The van der Waals surface area contributed by atoms with Gasteiger partial charge in [0.05, 0.1) is 5.97 Å². The van der Waals surface area contributed by atoms with Gasteiger partial charge in [0, 0.05) is 5.69 Å². The Morgan fingerprint density at radius 2 is 1.80 bits per heavy atom. The summed E-state index contributed by atoms with van der Waals surface area (Å²) in [6.45, 7) is 0. The Balaban J connectivity index is 2.36. The smallest absolute Gasteiger partial charge is 0.264 e. The number of carboxylic acid groups (broad SMARTS) is 1. The summed E-state index contributed by atoms with van der Waals surface area (Å²) in [6.07, 6.45) is 0. The van der Waals surface area contributed by atoms with E-state index in [1.54, 1.807) is 0 Å². The molecule has 5 nitrogen and oxygen atoms in total. The lowest BCUT2D eigenvalue weighted by Crippen LogP contribution is -2.22. The summed E-state index contributed by atoms with van der Waals surface area (Å²) in [6, 6.07) is 9.94. The standard InChI is InChI=1S/C13H10FNO4S/c14-11-6-1-2-7-12(11)20(18,19)15-10-5-3-4-9(8-10)13(16)17/h1-8,15H,(H,16,17)/p-1. The third kappa shape index (κ3) is 2.94. The van der Waals surface area contributed by atoms with Crippen LogP contribution in [0.25, 0.3) is 0 Å². The number of rotatable bonds is 4. The molecule has 0 aliphatic carbocycles. The van der Waals surface area contributed by atoms with E-state index in [9.17, 15) is 22.7 Å². The first kappa shape index (κ1) is 14.0. The van der Waals surface area contributed by atoms with Crippen molar-refractivity contribution in [3.05, 3.63) is 59.9 Å². The van der Waals surface area contributed by atoms with E-state index in [0.717, 1.165) is 18.2 Å². The van der Waals surface area contributed by atoms with Crippen LogP contribution >= 0.6 is 0 Å². The second-order valence-electron chi connectivity index (χ2n) is 3.90. The number of carboxylic acids is 1. The molecule has 104 valence electrons. The number of carbonyl (C=O) groups is 1. The van der Waals surface area contributed by atoms with Crippen molar-refractivity contribution >= 4 is 21.7 Å². The minimum atomic E-state index is -4.12. The van der Waals surface area contributed by atoms with Crippen LogP contribution in [0.1, 0.15) is 10.4 Å². The Labute approximate surface area is 114 Å². The maximum Gasteiger partial charge on any atom is 0.264 e. The summed E-state index contributed by atoms with van der Waals surface area (Å²) in [5.74, 6) is -2.33. The molecule has 7 heteroatoms. The third-order valence-electron chi connectivity index (χ3n) is 2.48. The van der Waals surface area contributed by atoms with Gasteiger partial charge in [-0.25, -0.2) is 12.8 Å². The average Bonchev–Trinajstić information content (AvgIpc) is 2.38. The van der Waals surface area contributed by atoms with Gasteiger partial charge in [0.25, 0.3) is 10.0 Å². The van der Waals surface area contributed by atoms with E-state index in [2.05, 4.69) is 4.72 Å². The molecule has 2 rings (SSSR count). The van der Waals surface area contributed by atoms with Crippen LogP contribution in [0, 0.1) is 5.82 Å². The molecule has 0 aliphatic heterocycles. The topological polar surface area (TPSA) is 86.3 Å². The molecule has 0 fully saturated rings. The molecule has 0 aromatic heterocycles. The fourth-order valence-electron chi connectivity index (χ4n) is 1.58. The van der Waals surface area contributed by atoms with Crippen molar-refractivity contribution in [1.29, 1.82) is 0 Å². The molecule has 0 unspecified atom stereocenters. The van der Waals surface area contributed by atoms with Crippen LogP contribution < -0.4 is 9.83 Å². The zero-order valence-corrected chi connectivity index (χ0v) is 10.9. The molecule has 0 saturated carbocycles. The molecule has 0 aliphatic rings. The van der Waals surface area contributed by atoms with Crippen molar-refractivity contribution in [1.82, 2.24) is 0 Å². The van der Waals surface area contributed by atoms with Gasteiger partial charge in [-0.1, -0.05) is 24.3 Å². The highest BCUT2D eigenvalue weighted by atomic mass is 32.2.